The van der Waals surface area contributed by atoms with Crippen LogP contribution in [0, 0.1) is 5.82 Å². The minimum absolute atomic E-state index is 0.101. The maximum atomic E-state index is 13.4. The Bertz CT molecular complexity index is 1070. The van der Waals surface area contributed by atoms with Crippen LogP contribution in [-0.2, 0) is 6.18 Å². The molecule has 2 aromatic carbocycles. The molecular weight excluding hydrogens is 406 g/mol. The summed E-state index contributed by atoms with van der Waals surface area (Å²) >= 11 is 0. The quantitative estimate of drug-likeness (QED) is 0.554. The number of ether oxygens (including phenoxy) is 2. The number of carbonyl (C=O) groups excluding carboxylic acids is 1. The van der Waals surface area contributed by atoms with E-state index in [0.29, 0.717) is 17.7 Å². The van der Waals surface area contributed by atoms with E-state index in [0.717, 1.165) is 24.3 Å². The molecular formula is C20H15F4N3O3. The molecule has 0 saturated carbocycles. The highest BCUT2D eigenvalue weighted by atomic mass is 19.4. The number of benzene rings is 2. The molecule has 0 spiro atoms. The smallest absolute Gasteiger partial charge is 0.419 e. The number of nitrogens with one attached hydrogen (secondary N) is 1. The third-order valence-electron chi connectivity index (χ3n) is 3.98. The summed E-state index contributed by atoms with van der Waals surface area (Å²) in [5, 5.41) is 2.47. The SMILES string of the molecule is COc1ccc(Oc2cc(Nc3ccc(F)cc3C(N)=O)c(C(F)(F)F)cn2)cc1. The summed E-state index contributed by atoms with van der Waals surface area (Å²) in [4.78, 5) is 15.2. The van der Waals surface area contributed by atoms with E-state index in [1.807, 2.05) is 0 Å². The number of nitrogens with two attached hydrogens (primary N) is 1. The Morgan fingerprint density at radius 2 is 1.70 bits per heavy atom. The number of amides is 1. The van der Waals surface area contributed by atoms with Gasteiger partial charge in [0.15, 0.2) is 0 Å². The molecule has 1 heterocycles. The molecule has 1 amide bonds. The zero-order chi connectivity index (χ0) is 21.9. The van der Waals surface area contributed by atoms with Crippen LogP contribution in [0.2, 0.25) is 0 Å². The zero-order valence-electron chi connectivity index (χ0n) is 15.5. The standard InChI is InChI=1S/C20H15F4N3O3/c1-29-12-3-5-13(6-4-12)30-18-9-17(15(10-26-18)20(22,23)24)27-16-7-2-11(21)8-14(16)19(25)28/h2-10H,1H3,(H2,25,28)(H,26,27). The minimum atomic E-state index is -4.75. The van der Waals surface area contributed by atoms with Crippen molar-refractivity contribution in [2.24, 2.45) is 5.73 Å². The number of hydrogen-bond acceptors (Lipinski definition) is 5. The van der Waals surface area contributed by atoms with Crippen molar-refractivity contribution in [3.05, 3.63) is 71.7 Å². The highest BCUT2D eigenvalue weighted by molar-refractivity contribution is 5.99. The van der Waals surface area contributed by atoms with Crippen LogP contribution in [0.3, 0.4) is 0 Å². The average Bonchev–Trinajstić information content (AvgIpc) is 2.69. The van der Waals surface area contributed by atoms with Crippen LogP contribution >= 0.6 is 0 Å². The zero-order valence-corrected chi connectivity index (χ0v) is 15.5. The van der Waals surface area contributed by atoms with Gasteiger partial charge in [-0.3, -0.25) is 4.79 Å². The van der Waals surface area contributed by atoms with Crippen molar-refractivity contribution in [2.75, 3.05) is 12.4 Å². The first-order valence-corrected chi connectivity index (χ1v) is 8.43. The molecule has 0 aliphatic carbocycles. The number of halogens is 4. The third-order valence-corrected chi connectivity index (χ3v) is 3.98. The van der Waals surface area contributed by atoms with E-state index in [1.165, 1.54) is 7.11 Å². The van der Waals surface area contributed by atoms with E-state index in [4.69, 9.17) is 15.2 Å². The monoisotopic (exact) mass is 421 g/mol. The number of pyridine rings is 1. The normalized spacial score (nSPS) is 11.1. The lowest BCUT2D eigenvalue weighted by atomic mass is 10.1. The Hall–Kier alpha value is -3.82. The van der Waals surface area contributed by atoms with E-state index in [-0.39, 0.29) is 17.1 Å². The molecule has 3 N–H and O–H groups in total. The van der Waals surface area contributed by atoms with Crippen molar-refractivity contribution >= 4 is 17.3 Å². The maximum absolute atomic E-state index is 13.4. The van der Waals surface area contributed by atoms with Gasteiger partial charge >= 0.3 is 6.18 Å². The van der Waals surface area contributed by atoms with Crippen molar-refractivity contribution in [1.82, 2.24) is 4.98 Å². The van der Waals surface area contributed by atoms with Gasteiger partial charge in [-0.25, -0.2) is 9.37 Å². The van der Waals surface area contributed by atoms with Crippen molar-refractivity contribution in [1.29, 1.82) is 0 Å². The van der Waals surface area contributed by atoms with Gasteiger partial charge in [0, 0.05) is 12.3 Å². The molecule has 0 saturated heterocycles. The lowest BCUT2D eigenvalue weighted by Crippen LogP contribution is -2.15. The van der Waals surface area contributed by atoms with Gasteiger partial charge in [-0.2, -0.15) is 13.2 Å². The number of hydrogen-bond donors (Lipinski definition) is 2. The number of anilines is 2. The van der Waals surface area contributed by atoms with Crippen molar-refractivity contribution in [2.45, 2.75) is 6.18 Å². The first-order valence-electron chi connectivity index (χ1n) is 8.43. The molecule has 3 aromatic rings. The Kier molecular flexibility index (Phi) is 5.77. The molecule has 156 valence electrons. The van der Waals surface area contributed by atoms with Gasteiger partial charge in [-0.15, -0.1) is 0 Å². The average molecular weight is 421 g/mol. The molecule has 0 aliphatic rings. The summed E-state index contributed by atoms with van der Waals surface area (Å²) in [6, 6.07) is 10.3. The van der Waals surface area contributed by atoms with E-state index in [1.54, 1.807) is 24.3 Å². The number of aromatic nitrogens is 1. The molecule has 0 bridgehead atoms. The number of nitrogens with zero attached hydrogens (tertiary/aromatic N) is 1. The second-order valence-corrected chi connectivity index (χ2v) is 6.02. The van der Waals surface area contributed by atoms with Crippen molar-refractivity contribution in [3.63, 3.8) is 0 Å². The fraction of sp³-hybridized carbons (Fsp3) is 0.100. The largest absolute Gasteiger partial charge is 0.497 e. The Balaban J connectivity index is 1.99. The molecule has 3 rings (SSSR count). The summed E-state index contributed by atoms with van der Waals surface area (Å²) in [5.74, 6) is -1.02. The molecule has 0 atom stereocenters. The first kappa shape index (κ1) is 20.9. The van der Waals surface area contributed by atoms with Gasteiger partial charge in [0.05, 0.1) is 29.6 Å². The molecule has 10 heteroatoms. The van der Waals surface area contributed by atoms with Crippen LogP contribution < -0.4 is 20.5 Å². The van der Waals surface area contributed by atoms with E-state index >= 15 is 0 Å². The van der Waals surface area contributed by atoms with E-state index in [9.17, 15) is 22.4 Å². The third kappa shape index (κ3) is 4.77. The van der Waals surface area contributed by atoms with Gasteiger partial charge in [-0.05, 0) is 42.5 Å². The summed E-state index contributed by atoms with van der Waals surface area (Å²) in [7, 11) is 1.49. The number of alkyl halides is 3. The fourth-order valence-electron chi connectivity index (χ4n) is 2.56. The number of carbonyl (C=O) groups is 1. The van der Waals surface area contributed by atoms with E-state index in [2.05, 4.69) is 10.3 Å². The van der Waals surface area contributed by atoms with Crippen molar-refractivity contribution in [3.8, 4) is 17.4 Å². The Labute approximate surface area is 168 Å². The highest BCUT2D eigenvalue weighted by Gasteiger charge is 2.34. The predicted octanol–water partition coefficient (Wildman–Crippen LogP) is 4.88. The van der Waals surface area contributed by atoms with Gasteiger partial charge < -0.3 is 20.5 Å². The molecule has 0 fully saturated rings. The van der Waals surface area contributed by atoms with Crippen LogP contribution in [0.15, 0.2) is 54.7 Å². The lowest BCUT2D eigenvalue weighted by Gasteiger charge is -2.17. The first-order chi connectivity index (χ1) is 14.2. The van der Waals surface area contributed by atoms with Gasteiger partial charge in [0.2, 0.25) is 5.88 Å². The Morgan fingerprint density at radius 1 is 1.03 bits per heavy atom. The number of primary amides is 1. The molecule has 1 aromatic heterocycles. The lowest BCUT2D eigenvalue weighted by molar-refractivity contribution is -0.137. The van der Waals surface area contributed by atoms with Gasteiger partial charge in [0.25, 0.3) is 5.91 Å². The van der Waals surface area contributed by atoms with Crippen LogP contribution in [0.25, 0.3) is 0 Å². The second-order valence-electron chi connectivity index (χ2n) is 6.02. The van der Waals surface area contributed by atoms with Crippen LogP contribution in [0.5, 0.6) is 17.4 Å². The summed E-state index contributed by atoms with van der Waals surface area (Å²) in [5.41, 5.74) is 3.24. The summed E-state index contributed by atoms with van der Waals surface area (Å²) in [6.07, 6.45) is -4.16. The van der Waals surface area contributed by atoms with Crippen LogP contribution in [0.1, 0.15) is 15.9 Å². The topological polar surface area (TPSA) is 86.5 Å². The molecule has 0 unspecified atom stereocenters. The molecule has 0 radical (unpaired) electrons. The Morgan fingerprint density at radius 3 is 2.30 bits per heavy atom. The molecule has 0 aliphatic heterocycles. The second kappa shape index (κ2) is 8.27. The molecule has 30 heavy (non-hydrogen) atoms. The highest BCUT2D eigenvalue weighted by Crippen LogP contribution is 2.38. The summed E-state index contributed by atoms with van der Waals surface area (Å²) < 4.78 is 64.2. The minimum Gasteiger partial charge on any atom is -0.497 e. The predicted molar refractivity (Wildman–Crippen MR) is 101 cm³/mol. The van der Waals surface area contributed by atoms with Crippen LogP contribution in [0.4, 0.5) is 28.9 Å². The maximum Gasteiger partial charge on any atom is 0.419 e. The van der Waals surface area contributed by atoms with Crippen molar-refractivity contribution < 1.29 is 31.8 Å². The number of methoxy groups -OCH3 is 1. The number of rotatable bonds is 6. The van der Waals surface area contributed by atoms with Crippen LogP contribution in [-0.4, -0.2) is 18.0 Å². The summed E-state index contributed by atoms with van der Waals surface area (Å²) in [6.45, 7) is 0. The van der Waals surface area contributed by atoms with Gasteiger partial charge in [0.1, 0.15) is 17.3 Å². The molecule has 6 nitrogen and oxygen atoms in total. The van der Waals surface area contributed by atoms with E-state index < -0.39 is 29.2 Å². The fourth-order valence-corrected chi connectivity index (χ4v) is 2.56. The van der Waals surface area contributed by atoms with Gasteiger partial charge in [-0.1, -0.05) is 0 Å².